The normalized spacial score (nSPS) is 21.9. The van der Waals surface area contributed by atoms with E-state index in [1.54, 1.807) is 5.57 Å². The molecule has 0 saturated carbocycles. The second kappa shape index (κ2) is 9.69. The minimum Gasteiger partial charge on any atom is -0.162 e. The van der Waals surface area contributed by atoms with E-state index in [1.807, 2.05) is 11.8 Å². The third-order valence-electron chi connectivity index (χ3n) is 4.21. The first-order chi connectivity index (χ1) is 9.13. The number of rotatable bonds is 8. The van der Waals surface area contributed by atoms with Crippen LogP contribution in [0.2, 0.25) is 0 Å². The van der Waals surface area contributed by atoms with Crippen molar-refractivity contribution in [1.29, 1.82) is 0 Å². The molecule has 0 N–H and O–H groups in total. The molecule has 0 heterocycles. The van der Waals surface area contributed by atoms with Crippen molar-refractivity contribution in [2.75, 3.05) is 6.26 Å². The summed E-state index contributed by atoms with van der Waals surface area (Å²) >= 11 is 2.03. The van der Waals surface area contributed by atoms with Gasteiger partial charge in [-0.3, -0.25) is 0 Å². The molecule has 0 amide bonds. The molecule has 0 fully saturated rings. The van der Waals surface area contributed by atoms with Crippen molar-refractivity contribution >= 4 is 11.8 Å². The Morgan fingerprint density at radius 1 is 1.21 bits per heavy atom. The maximum atomic E-state index is 2.53. The van der Waals surface area contributed by atoms with Crippen molar-refractivity contribution < 1.29 is 0 Å². The molecule has 1 heteroatoms. The monoisotopic (exact) mass is 280 g/mol. The first kappa shape index (κ1) is 16.9. The van der Waals surface area contributed by atoms with Gasteiger partial charge in [-0.25, -0.2) is 0 Å². The molecule has 1 aliphatic rings. The van der Waals surface area contributed by atoms with Gasteiger partial charge in [0.15, 0.2) is 0 Å². The lowest BCUT2D eigenvalue weighted by atomic mass is 9.87. The molecule has 0 spiro atoms. The van der Waals surface area contributed by atoms with Gasteiger partial charge in [0.25, 0.3) is 0 Å². The zero-order valence-corrected chi connectivity index (χ0v) is 14.1. The molecule has 0 radical (unpaired) electrons. The highest BCUT2D eigenvalue weighted by molar-refractivity contribution is 7.99. The van der Waals surface area contributed by atoms with E-state index in [1.165, 1.54) is 44.9 Å². The van der Waals surface area contributed by atoms with Gasteiger partial charge in [-0.1, -0.05) is 44.6 Å². The zero-order chi connectivity index (χ0) is 14.1. The van der Waals surface area contributed by atoms with Gasteiger partial charge in [-0.2, -0.15) is 11.8 Å². The molecule has 19 heavy (non-hydrogen) atoms. The molecule has 0 aromatic carbocycles. The van der Waals surface area contributed by atoms with Gasteiger partial charge in [-0.05, 0) is 63.0 Å². The third-order valence-corrected chi connectivity index (χ3v) is 5.30. The molecule has 0 nitrogen and oxygen atoms in total. The van der Waals surface area contributed by atoms with Crippen LogP contribution in [-0.2, 0) is 0 Å². The molecule has 1 aliphatic carbocycles. The maximum absolute atomic E-state index is 2.53. The highest BCUT2D eigenvalue weighted by atomic mass is 32.2. The fraction of sp³-hybridized carbons (Fsp3) is 0.778. The summed E-state index contributed by atoms with van der Waals surface area (Å²) in [5.41, 5.74) is 1.72. The van der Waals surface area contributed by atoms with Crippen LogP contribution in [0.5, 0.6) is 0 Å². The Morgan fingerprint density at radius 2 is 1.89 bits per heavy atom. The van der Waals surface area contributed by atoms with Gasteiger partial charge in [0, 0.05) is 5.25 Å². The molecule has 1 rings (SSSR count). The number of thioether (sulfide) groups is 1. The summed E-state index contributed by atoms with van der Waals surface area (Å²) in [7, 11) is 0. The van der Waals surface area contributed by atoms with Crippen LogP contribution >= 0.6 is 11.8 Å². The molecule has 110 valence electrons. The lowest BCUT2D eigenvalue weighted by Gasteiger charge is -2.24. The van der Waals surface area contributed by atoms with E-state index in [-0.39, 0.29) is 0 Å². The molecule has 0 aromatic heterocycles. The topological polar surface area (TPSA) is 0 Å². The second-order valence-corrected chi connectivity index (χ2v) is 7.47. The minimum atomic E-state index is 0.789. The van der Waals surface area contributed by atoms with Gasteiger partial charge in [-0.15, -0.1) is 0 Å². The minimum absolute atomic E-state index is 0.789. The van der Waals surface area contributed by atoms with Crippen LogP contribution in [0.15, 0.2) is 23.8 Å². The van der Waals surface area contributed by atoms with Crippen LogP contribution in [-0.4, -0.2) is 11.5 Å². The predicted octanol–water partition coefficient (Wildman–Crippen LogP) is 6.24. The predicted molar refractivity (Wildman–Crippen MR) is 90.8 cm³/mol. The summed E-state index contributed by atoms with van der Waals surface area (Å²) in [6, 6.07) is 0. The van der Waals surface area contributed by atoms with Crippen molar-refractivity contribution in [3.8, 4) is 0 Å². The van der Waals surface area contributed by atoms with E-state index in [0.717, 1.165) is 17.1 Å². The summed E-state index contributed by atoms with van der Waals surface area (Å²) < 4.78 is 0. The first-order valence-corrected chi connectivity index (χ1v) is 9.29. The lowest BCUT2D eigenvalue weighted by Crippen LogP contribution is -2.11. The maximum Gasteiger partial charge on any atom is 0.00819 e. The summed E-state index contributed by atoms with van der Waals surface area (Å²) in [5, 5.41) is 0.881. The van der Waals surface area contributed by atoms with Gasteiger partial charge in [0.05, 0.1) is 0 Å². The smallest absolute Gasteiger partial charge is 0.00819 e. The van der Waals surface area contributed by atoms with Crippen LogP contribution < -0.4 is 0 Å². The van der Waals surface area contributed by atoms with Crippen molar-refractivity contribution in [1.82, 2.24) is 0 Å². The van der Waals surface area contributed by atoms with Crippen LogP contribution in [0.25, 0.3) is 0 Å². The molecule has 0 bridgehead atoms. The quantitative estimate of drug-likeness (QED) is 0.474. The van der Waals surface area contributed by atoms with Gasteiger partial charge in [0.2, 0.25) is 0 Å². The van der Waals surface area contributed by atoms with Crippen molar-refractivity contribution in [3.63, 3.8) is 0 Å². The Kier molecular flexibility index (Phi) is 8.61. The highest BCUT2D eigenvalue weighted by Gasteiger charge is 2.16. The second-order valence-electron chi connectivity index (χ2n) is 6.33. The van der Waals surface area contributed by atoms with E-state index in [9.17, 15) is 0 Å². The summed E-state index contributed by atoms with van der Waals surface area (Å²) in [6.45, 7) is 7.01. The van der Waals surface area contributed by atoms with Crippen molar-refractivity contribution in [2.24, 2.45) is 11.8 Å². The van der Waals surface area contributed by atoms with E-state index in [0.29, 0.717) is 0 Å². The van der Waals surface area contributed by atoms with Crippen LogP contribution in [0.3, 0.4) is 0 Å². The summed E-state index contributed by atoms with van der Waals surface area (Å²) in [4.78, 5) is 0. The summed E-state index contributed by atoms with van der Waals surface area (Å²) in [5.74, 6) is 1.62. The molecule has 2 unspecified atom stereocenters. The fourth-order valence-corrected chi connectivity index (χ4v) is 3.33. The van der Waals surface area contributed by atoms with Crippen LogP contribution in [0, 0.1) is 11.8 Å². The number of hydrogen-bond acceptors (Lipinski definition) is 1. The van der Waals surface area contributed by atoms with Gasteiger partial charge in [0.1, 0.15) is 0 Å². The molecule has 0 saturated heterocycles. The van der Waals surface area contributed by atoms with E-state index >= 15 is 0 Å². The number of allylic oxidation sites excluding steroid dienone is 4. The van der Waals surface area contributed by atoms with Gasteiger partial charge >= 0.3 is 0 Å². The Hall–Kier alpha value is -0.170. The average molecular weight is 281 g/mol. The Labute approximate surface area is 125 Å². The molecular formula is C18H32S. The van der Waals surface area contributed by atoms with Crippen LogP contribution in [0.4, 0.5) is 0 Å². The Morgan fingerprint density at radius 3 is 2.42 bits per heavy atom. The SMILES string of the molecule is CSC1CC=C(C(C)CC/C=C\CCC(C)C)CC1. The van der Waals surface area contributed by atoms with Crippen molar-refractivity contribution in [3.05, 3.63) is 23.8 Å². The van der Waals surface area contributed by atoms with Gasteiger partial charge < -0.3 is 0 Å². The van der Waals surface area contributed by atoms with Crippen LogP contribution in [0.1, 0.15) is 65.7 Å². The fourth-order valence-electron chi connectivity index (χ4n) is 2.69. The largest absolute Gasteiger partial charge is 0.162 e. The first-order valence-electron chi connectivity index (χ1n) is 8.00. The molecular weight excluding hydrogens is 248 g/mol. The van der Waals surface area contributed by atoms with E-state index < -0.39 is 0 Å². The van der Waals surface area contributed by atoms with E-state index in [4.69, 9.17) is 0 Å². The highest BCUT2D eigenvalue weighted by Crippen LogP contribution is 2.31. The number of hydrogen-bond donors (Lipinski definition) is 0. The molecule has 2 atom stereocenters. The Balaban J connectivity index is 2.17. The lowest BCUT2D eigenvalue weighted by molar-refractivity contribution is 0.559. The molecule has 0 aromatic rings. The Bertz CT molecular complexity index is 288. The standard InChI is InChI=1S/C18H32S/c1-15(2)9-7-5-6-8-10-16(3)17-11-13-18(19-4)14-12-17/h5-6,11,15-16,18H,7-10,12-14H2,1-4H3/b6-5-. The molecule has 0 aliphatic heterocycles. The summed E-state index contributed by atoms with van der Waals surface area (Å²) in [6.07, 6.45) is 18.7. The third kappa shape index (κ3) is 7.25. The zero-order valence-electron chi connectivity index (χ0n) is 13.3. The van der Waals surface area contributed by atoms with E-state index in [2.05, 4.69) is 45.3 Å². The van der Waals surface area contributed by atoms with Crippen molar-refractivity contribution in [2.45, 2.75) is 71.0 Å². The average Bonchev–Trinajstić information content (AvgIpc) is 2.42.